The van der Waals surface area contributed by atoms with Crippen molar-refractivity contribution in [3.8, 4) is 5.75 Å². The van der Waals surface area contributed by atoms with Crippen LogP contribution in [0.1, 0.15) is 5.56 Å². The maximum atomic E-state index is 10.6. The Morgan fingerprint density at radius 3 is 2.44 bits per heavy atom. The minimum Gasteiger partial charge on any atom is -0.506 e. The molecule has 1 aromatic rings. The molecule has 0 saturated carbocycles. The molecular formula is C9H8Cl3NO3. The van der Waals surface area contributed by atoms with Gasteiger partial charge in [-0.15, -0.1) is 0 Å². The SMILES string of the molecule is N[C@@H](Cc1c(Cl)cc(O)c(Cl)c1Cl)C(=O)O. The number of hydrogen-bond acceptors (Lipinski definition) is 3. The summed E-state index contributed by atoms with van der Waals surface area (Å²) in [5, 5.41) is 18.0. The van der Waals surface area contributed by atoms with Gasteiger partial charge in [-0.05, 0) is 5.56 Å². The lowest BCUT2D eigenvalue weighted by molar-refractivity contribution is -0.138. The molecule has 0 saturated heterocycles. The smallest absolute Gasteiger partial charge is 0.320 e. The lowest BCUT2D eigenvalue weighted by Crippen LogP contribution is -2.32. The van der Waals surface area contributed by atoms with Gasteiger partial charge in [0.15, 0.2) is 0 Å². The van der Waals surface area contributed by atoms with Gasteiger partial charge in [-0.2, -0.15) is 0 Å². The zero-order valence-electron chi connectivity index (χ0n) is 7.88. The number of benzene rings is 1. The molecule has 7 heteroatoms. The van der Waals surface area contributed by atoms with Crippen molar-refractivity contribution in [3.63, 3.8) is 0 Å². The molecule has 0 radical (unpaired) electrons. The number of nitrogens with two attached hydrogens (primary N) is 1. The van der Waals surface area contributed by atoms with Crippen LogP contribution >= 0.6 is 34.8 Å². The van der Waals surface area contributed by atoms with Crippen LogP contribution in [0.2, 0.25) is 15.1 Å². The number of hydrogen-bond donors (Lipinski definition) is 3. The molecule has 1 atom stereocenters. The number of phenolic OH excluding ortho intramolecular Hbond substituents is 1. The van der Waals surface area contributed by atoms with E-state index in [0.29, 0.717) is 5.56 Å². The van der Waals surface area contributed by atoms with Crippen molar-refractivity contribution in [1.29, 1.82) is 0 Å². The molecule has 4 N–H and O–H groups in total. The van der Waals surface area contributed by atoms with Gasteiger partial charge >= 0.3 is 5.97 Å². The minimum absolute atomic E-state index is 0.0170. The Morgan fingerprint density at radius 2 is 1.94 bits per heavy atom. The van der Waals surface area contributed by atoms with Gasteiger partial charge in [-0.1, -0.05) is 34.8 Å². The van der Waals surface area contributed by atoms with E-state index in [0.717, 1.165) is 0 Å². The van der Waals surface area contributed by atoms with Gasteiger partial charge in [0.1, 0.15) is 16.8 Å². The average molecular weight is 285 g/mol. The molecular weight excluding hydrogens is 276 g/mol. The van der Waals surface area contributed by atoms with Crippen LogP contribution in [0.25, 0.3) is 0 Å². The van der Waals surface area contributed by atoms with Crippen molar-refractivity contribution >= 4 is 40.8 Å². The zero-order valence-corrected chi connectivity index (χ0v) is 10.1. The van der Waals surface area contributed by atoms with Crippen molar-refractivity contribution in [1.82, 2.24) is 0 Å². The highest BCUT2D eigenvalue weighted by atomic mass is 35.5. The normalized spacial score (nSPS) is 12.5. The van der Waals surface area contributed by atoms with Gasteiger partial charge in [0.2, 0.25) is 0 Å². The third-order valence-corrected chi connectivity index (χ3v) is 3.21. The summed E-state index contributed by atoms with van der Waals surface area (Å²) in [4.78, 5) is 10.6. The van der Waals surface area contributed by atoms with Gasteiger partial charge in [-0.3, -0.25) is 4.79 Å². The number of phenols is 1. The monoisotopic (exact) mass is 283 g/mol. The van der Waals surface area contributed by atoms with Gasteiger partial charge < -0.3 is 15.9 Å². The summed E-state index contributed by atoms with van der Waals surface area (Å²) in [5.41, 5.74) is 5.66. The van der Waals surface area contributed by atoms with Crippen molar-refractivity contribution in [2.24, 2.45) is 5.73 Å². The second-order valence-electron chi connectivity index (χ2n) is 3.13. The lowest BCUT2D eigenvalue weighted by atomic mass is 10.1. The van der Waals surface area contributed by atoms with E-state index in [1.54, 1.807) is 0 Å². The van der Waals surface area contributed by atoms with E-state index < -0.39 is 12.0 Å². The molecule has 0 unspecified atom stereocenters. The molecule has 16 heavy (non-hydrogen) atoms. The summed E-state index contributed by atoms with van der Waals surface area (Å²) in [7, 11) is 0. The number of aliphatic carboxylic acids is 1. The molecule has 0 aliphatic rings. The standard InChI is InChI=1S/C9H8Cl3NO3/c10-4-2-6(14)8(12)7(11)3(4)1-5(13)9(15)16/h2,5,14H,1,13H2,(H,15,16)/t5-/m0/s1. The molecule has 0 amide bonds. The van der Waals surface area contributed by atoms with Crippen molar-refractivity contribution < 1.29 is 15.0 Å². The first-order valence-electron chi connectivity index (χ1n) is 4.18. The summed E-state index contributed by atoms with van der Waals surface area (Å²) >= 11 is 17.3. The highest BCUT2D eigenvalue weighted by Gasteiger charge is 2.19. The molecule has 1 aromatic carbocycles. The van der Waals surface area contributed by atoms with Crippen LogP contribution in [0.15, 0.2) is 6.07 Å². The van der Waals surface area contributed by atoms with Gasteiger partial charge in [0, 0.05) is 17.5 Å². The largest absolute Gasteiger partial charge is 0.506 e. The Labute approximate surface area is 107 Å². The Kier molecular flexibility index (Phi) is 4.27. The summed E-state index contributed by atoms with van der Waals surface area (Å²) in [5.74, 6) is -1.43. The van der Waals surface area contributed by atoms with E-state index in [9.17, 15) is 9.90 Å². The van der Waals surface area contributed by atoms with E-state index in [-0.39, 0.29) is 27.2 Å². The van der Waals surface area contributed by atoms with E-state index in [1.165, 1.54) is 6.07 Å². The molecule has 0 fully saturated rings. The van der Waals surface area contributed by atoms with Crippen LogP contribution in [0.3, 0.4) is 0 Å². The fourth-order valence-electron chi connectivity index (χ4n) is 1.11. The summed E-state index contributed by atoms with van der Waals surface area (Å²) in [6, 6.07) is 0.0651. The first-order chi connectivity index (χ1) is 7.34. The molecule has 0 aliphatic heterocycles. The van der Waals surface area contributed by atoms with Crippen LogP contribution in [0, 0.1) is 0 Å². The summed E-state index contributed by atoms with van der Waals surface area (Å²) < 4.78 is 0. The third-order valence-electron chi connectivity index (χ3n) is 1.98. The van der Waals surface area contributed by atoms with Crippen LogP contribution in [-0.2, 0) is 11.2 Å². The van der Waals surface area contributed by atoms with Gasteiger partial charge in [-0.25, -0.2) is 0 Å². The summed E-state index contributed by atoms with van der Waals surface area (Å²) in [6.45, 7) is 0. The van der Waals surface area contributed by atoms with Crippen molar-refractivity contribution in [2.45, 2.75) is 12.5 Å². The lowest BCUT2D eigenvalue weighted by Gasteiger charge is -2.12. The number of carboxylic acid groups (broad SMARTS) is 1. The second-order valence-corrected chi connectivity index (χ2v) is 4.30. The molecule has 0 spiro atoms. The highest BCUT2D eigenvalue weighted by Crippen LogP contribution is 2.38. The summed E-state index contributed by atoms with van der Waals surface area (Å²) in [6.07, 6.45) is -0.0625. The maximum Gasteiger partial charge on any atom is 0.320 e. The zero-order chi connectivity index (χ0) is 12.5. The number of carboxylic acids is 1. The number of halogens is 3. The topological polar surface area (TPSA) is 83.5 Å². The Balaban J connectivity index is 3.14. The van der Waals surface area contributed by atoms with E-state index >= 15 is 0 Å². The first-order valence-corrected chi connectivity index (χ1v) is 5.31. The van der Waals surface area contributed by atoms with Crippen LogP contribution in [0.4, 0.5) is 0 Å². The minimum atomic E-state index is -1.17. The predicted molar refractivity (Wildman–Crippen MR) is 62.5 cm³/mol. The van der Waals surface area contributed by atoms with E-state index in [2.05, 4.69) is 0 Å². The fourth-order valence-corrected chi connectivity index (χ4v) is 1.88. The predicted octanol–water partition coefficient (Wildman–Crippen LogP) is 2.31. The first kappa shape index (κ1) is 13.4. The number of carbonyl (C=O) groups is 1. The second kappa shape index (κ2) is 5.10. The third kappa shape index (κ3) is 2.71. The molecule has 0 aromatic heterocycles. The van der Waals surface area contributed by atoms with Crippen molar-refractivity contribution in [2.75, 3.05) is 0 Å². The quantitative estimate of drug-likeness (QED) is 0.744. The molecule has 0 heterocycles. The maximum absolute atomic E-state index is 10.6. The highest BCUT2D eigenvalue weighted by molar-refractivity contribution is 6.45. The van der Waals surface area contributed by atoms with E-state index in [4.69, 9.17) is 45.6 Å². The molecule has 4 nitrogen and oxygen atoms in total. The van der Waals surface area contributed by atoms with Crippen LogP contribution in [0.5, 0.6) is 5.75 Å². The molecule has 0 bridgehead atoms. The fraction of sp³-hybridized carbons (Fsp3) is 0.222. The Morgan fingerprint density at radius 1 is 1.38 bits per heavy atom. The van der Waals surface area contributed by atoms with Crippen LogP contribution in [-0.4, -0.2) is 22.2 Å². The molecule has 1 rings (SSSR count). The number of aromatic hydroxyl groups is 1. The number of rotatable bonds is 3. The van der Waals surface area contributed by atoms with Crippen LogP contribution < -0.4 is 5.73 Å². The average Bonchev–Trinajstić information content (AvgIpc) is 2.20. The molecule has 88 valence electrons. The van der Waals surface area contributed by atoms with Crippen molar-refractivity contribution in [3.05, 3.63) is 26.7 Å². The van der Waals surface area contributed by atoms with Gasteiger partial charge in [0.05, 0.1) is 5.02 Å². The van der Waals surface area contributed by atoms with E-state index in [1.807, 2.05) is 0 Å². The molecule has 0 aliphatic carbocycles. The van der Waals surface area contributed by atoms with Gasteiger partial charge in [0.25, 0.3) is 0 Å². The Bertz CT molecular complexity index is 436. The Hall–Kier alpha value is -0.680.